The van der Waals surface area contributed by atoms with Crippen LogP contribution in [0.5, 0.6) is 5.75 Å². The molecule has 6 nitrogen and oxygen atoms in total. The lowest BCUT2D eigenvalue weighted by atomic mass is 10.1. The quantitative estimate of drug-likeness (QED) is 0.557. The van der Waals surface area contributed by atoms with Crippen molar-refractivity contribution in [2.75, 3.05) is 31.2 Å². The summed E-state index contributed by atoms with van der Waals surface area (Å²) < 4.78 is 10.7. The van der Waals surface area contributed by atoms with Crippen molar-refractivity contribution >= 4 is 22.4 Å². The summed E-state index contributed by atoms with van der Waals surface area (Å²) in [5.74, 6) is -0.0873. The Kier molecular flexibility index (Phi) is 5.12. The molecule has 0 amide bonds. The average molecular weight is 378 g/mol. The molecule has 0 aliphatic carbocycles. The van der Waals surface area contributed by atoms with Gasteiger partial charge in [0.05, 0.1) is 30.9 Å². The molecule has 0 unspecified atom stereocenters. The van der Waals surface area contributed by atoms with Gasteiger partial charge in [-0.05, 0) is 36.8 Å². The first kappa shape index (κ1) is 18.3. The van der Waals surface area contributed by atoms with Gasteiger partial charge in [0.15, 0.2) is 0 Å². The van der Waals surface area contributed by atoms with Crippen LogP contribution in [0.15, 0.2) is 62.7 Å². The number of morpholine rings is 1. The van der Waals surface area contributed by atoms with Crippen LogP contribution in [0.2, 0.25) is 0 Å². The highest BCUT2D eigenvalue weighted by Gasteiger charge is 2.16. The van der Waals surface area contributed by atoms with Crippen LogP contribution in [0.4, 0.5) is 5.69 Å². The number of fused-ring (bicyclic) bond motifs is 1. The van der Waals surface area contributed by atoms with Crippen molar-refractivity contribution in [3.8, 4) is 5.75 Å². The third-order valence-corrected chi connectivity index (χ3v) is 4.96. The van der Waals surface area contributed by atoms with Crippen LogP contribution in [-0.4, -0.2) is 37.1 Å². The van der Waals surface area contributed by atoms with Gasteiger partial charge in [0.2, 0.25) is 0 Å². The maximum absolute atomic E-state index is 12.3. The number of aromatic hydroxyl groups is 1. The second-order valence-electron chi connectivity index (χ2n) is 6.78. The van der Waals surface area contributed by atoms with Gasteiger partial charge >= 0.3 is 5.63 Å². The predicted molar refractivity (Wildman–Crippen MR) is 110 cm³/mol. The molecule has 144 valence electrons. The minimum absolute atomic E-state index is 0.0873. The molecule has 1 aliphatic rings. The number of ether oxygens (including phenoxy) is 1. The van der Waals surface area contributed by atoms with E-state index in [2.05, 4.69) is 22.0 Å². The summed E-state index contributed by atoms with van der Waals surface area (Å²) in [4.78, 5) is 19.1. The minimum atomic E-state index is -0.583. The van der Waals surface area contributed by atoms with Crippen LogP contribution < -0.4 is 10.5 Å². The number of aliphatic imine (C=N–C) groups is 1. The van der Waals surface area contributed by atoms with E-state index in [1.807, 2.05) is 12.1 Å². The molecule has 2 heterocycles. The summed E-state index contributed by atoms with van der Waals surface area (Å²) in [5.41, 5.74) is 2.54. The molecule has 1 aromatic heterocycles. The number of benzene rings is 2. The van der Waals surface area contributed by atoms with Crippen molar-refractivity contribution in [3.63, 3.8) is 0 Å². The highest BCUT2D eigenvalue weighted by Crippen LogP contribution is 2.26. The number of para-hydroxylation sites is 1. The first-order valence-corrected chi connectivity index (χ1v) is 9.31. The van der Waals surface area contributed by atoms with E-state index in [1.165, 1.54) is 5.69 Å². The van der Waals surface area contributed by atoms with Gasteiger partial charge in [-0.1, -0.05) is 24.3 Å². The van der Waals surface area contributed by atoms with Gasteiger partial charge in [0, 0.05) is 18.8 Å². The van der Waals surface area contributed by atoms with Crippen molar-refractivity contribution in [1.29, 1.82) is 0 Å². The molecule has 0 saturated carbocycles. The lowest BCUT2D eigenvalue weighted by molar-refractivity contribution is 0.122. The van der Waals surface area contributed by atoms with Gasteiger partial charge in [-0.25, -0.2) is 4.79 Å². The Morgan fingerprint density at radius 1 is 1.11 bits per heavy atom. The molecule has 4 rings (SSSR count). The first-order chi connectivity index (χ1) is 13.6. The summed E-state index contributed by atoms with van der Waals surface area (Å²) in [5, 5.41) is 11.0. The molecule has 1 saturated heterocycles. The molecule has 0 atom stereocenters. The summed E-state index contributed by atoms with van der Waals surface area (Å²) in [6, 6.07) is 15.1. The van der Waals surface area contributed by atoms with Crippen LogP contribution in [0, 0.1) is 0 Å². The van der Waals surface area contributed by atoms with Crippen LogP contribution >= 0.6 is 0 Å². The topological polar surface area (TPSA) is 75.3 Å². The van der Waals surface area contributed by atoms with Gasteiger partial charge in [-0.2, -0.15) is 0 Å². The number of hydrogen-bond donors (Lipinski definition) is 1. The smallest absolute Gasteiger partial charge is 0.349 e. The molecular weight excluding hydrogens is 356 g/mol. The molecular formula is C22H22N2O4. The zero-order chi connectivity index (χ0) is 19.5. The lowest BCUT2D eigenvalue weighted by Gasteiger charge is -2.28. The number of anilines is 1. The summed E-state index contributed by atoms with van der Waals surface area (Å²) in [7, 11) is 0. The molecule has 3 aromatic rings. The van der Waals surface area contributed by atoms with Crippen molar-refractivity contribution in [2.24, 2.45) is 4.99 Å². The Hall–Kier alpha value is -3.12. The van der Waals surface area contributed by atoms with Gasteiger partial charge in [0.25, 0.3) is 0 Å². The van der Waals surface area contributed by atoms with Gasteiger partial charge in [0.1, 0.15) is 16.9 Å². The predicted octanol–water partition coefficient (Wildman–Crippen LogP) is 3.34. The zero-order valence-corrected chi connectivity index (χ0v) is 15.7. The van der Waals surface area contributed by atoms with E-state index in [0.29, 0.717) is 23.2 Å². The van der Waals surface area contributed by atoms with Crippen LogP contribution in [0.1, 0.15) is 18.1 Å². The van der Waals surface area contributed by atoms with E-state index in [4.69, 9.17) is 9.15 Å². The van der Waals surface area contributed by atoms with E-state index < -0.39 is 5.63 Å². The average Bonchev–Trinajstić information content (AvgIpc) is 2.73. The summed E-state index contributed by atoms with van der Waals surface area (Å²) >= 11 is 0. The molecule has 0 bridgehead atoms. The van der Waals surface area contributed by atoms with Gasteiger partial charge in [-0.3, -0.25) is 4.99 Å². The van der Waals surface area contributed by atoms with E-state index in [9.17, 15) is 9.90 Å². The van der Waals surface area contributed by atoms with Crippen LogP contribution in [0.3, 0.4) is 0 Å². The number of rotatable bonds is 4. The SMILES string of the molecule is CC(=NCc1ccc(N2CCOCC2)cc1)c1c(O)c2ccccc2oc1=O. The van der Waals surface area contributed by atoms with E-state index in [0.717, 1.165) is 31.9 Å². The molecule has 1 fully saturated rings. The standard InChI is InChI=1S/C22H22N2O4/c1-15(20-21(25)18-4-2-3-5-19(18)28-22(20)26)23-14-16-6-8-17(9-7-16)24-10-12-27-13-11-24/h2-9,25H,10-14H2,1H3. The van der Waals surface area contributed by atoms with Gasteiger partial charge < -0.3 is 19.2 Å². The fourth-order valence-electron chi connectivity index (χ4n) is 3.38. The largest absolute Gasteiger partial charge is 0.506 e. The summed E-state index contributed by atoms with van der Waals surface area (Å²) in [6.07, 6.45) is 0. The van der Waals surface area contributed by atoms with Gasteiger partial charge in [-0.15, -0.1) is 0 Å². The van der Waals surface area contributed by atoms with E-state index in [1.54, 1.807) is 31.2 Å². The van der Waals surface area contributed by atoms with Crippen LogP contribution in [0.25, 0.3) is 11.0 Å². The molecule has 28 heavy (non-hydrogen) atoms. The Morgan fingerprint density at radius 2 is 1.82 bits per heavy atom. The van der Waals surface area contributed by atoms with Crippen molar-refractivity contribution in [3.05, 3.63) is 70.1 Å². The van der Waals surface area contributed by atoms with E-state index in [-0.39, 0.29) is 11.3 Å². The fourth-order valence-corrected chi connectivity index (χ4v) is 3.38. The van der Waals surface area contributed by atoms with E-state index >= 15 is 0 Å². The highest BCUT2D eigenvalue weighted by molar-refractivity contribution is 6.04. The Balaban J connectivity index is 1.55. The molecule has 1 aliphatic heterocycles. The number of hydrogen-bond acceptors (Lipinski definition) is 6. The lowest BCUT2D eigenvalue weighted by Crippen LogP contribution is -2.36. The maximum Gasteiger partial charge on any atom is 0.349 e. The fraction of sp³-hybridized carbons (Fsp3) is 0.273. The molecule has 0 radical (unpaired) electrons. The number of nitrogens with zero attached hydrogens (tertiary/aromatic N) is 2. The zero-order valence-electron chi connectivity index (χ0n) is 15.7. The third kappa shape index (κ3) is 3.64. The summed E-state index contributed by atoms with van der Waals surface area (Å²) in [6.45, 7) is 5.43. The Labute approximate surface area is 162 Å². The van der Waals surface area contributed by atoms with Crippen molar-refractivity contribution in [2.45, 2.75) is 13.5 Å². The maximum atomic E-state index is 12.3. The van der Waals surface area contributed by atoms with Crippen LogP contribution in [-0.2, 0) is 11.3 Å². The van der Waals surface area contributed by atoms with Crippen molar-refractivity contribution in [1.82, 2.24) is 0 Å². The highest BCUT2D eigenvalue weighted by atomic mass is 16.5. The molecule has 6 heteroatoms. The Bertz CT molecular complexity index is 1060. The second kappa shape index (κ2) is 7.86. The molecule has 2 aromatic carbocycles. The normalized spacial score (nSPS) is 15.2. The molecule has 0 spiro atoms. The second-order valence-corrected chi connectivity index (χ2v) is 6.78. The Morgan fingerprint density at radius 3 is 2.57 bits per heavy atom. The molecule has 1 N–H and O–H groups in total. The monoisotopic (exact) mass is 378 g/mol. The first-order valence-electron chi connectivity index (χ1n) is 9.31. The minimum Gasteiger partial charge on any atom is -0.506 e. The third-order valence-electron chi connectivity index (χ3n) is 4.96. The van der Waals surface area contributed by atoms with Crippen molar-refractivity contribution < 1.29 is 14.3 Å².